The van der Waals surface area contributed by atoms with Gasteiger partial charge in [0.2, 0.25) is 0 Å². The van der Waals surface area contributed by atoms with E-state index in [2.05, 4.69) is 5.32 Å². The zero-order valence-electron chi connectivity index (χ0n) is 14.0. The summed E-state index contributed by atoms with van der Waals surface area (Å²) in [6, 6.07) is 17.1. The number of halogens is 1. The number of amides is 1. The number of nitrogens with zero attached hydrogens (tertiary/aromatic N) is 1. The molecule has 6 nitrogen and oxygen atoms in total. The molecule has 1 aromatic heterocycles. The van der Waals surface area contributed by atoms with E-state index in [0.717, 1.165) is 10.4 Å². The maximum Gasteiger partial charge on any atom is 0.312 e. The van der Waals surface area contributed by atoms with Gasteiger partial charge in [-0.1, -0.05) is 48.0 Å². The largest absolute Gasteiger partial charge is 0.477 e. The van der Waals surface area contributed by atoms with Gasteiger partial charge in [0.1, 0.15) is 0 Å². The van der Waals surface area contributed by atoms with Crippen LogP contribution in [0.25, 0.3) is 0 Å². The monoisotopic (exact) mass is 402 g/mol. The first-order chi connectivity index (χ1) is 13.0. The molecule has 0 aliphatic rings. The van der Waals surface area contributed by atoms with E-state index in [1.54, 1.807) is 0 Å². The highest BCUT2D eigenvalue weighted by atomic mass is 35.5. The van der Waals surface area contributed by atoms with Gasteiger partial charge in [-0.25, -0.2) is 0 Å². The summed E-state index contributed by atoms with van der Waals surface area (Å²) in [4.78, 5) is 23.9. The third kappa shape index (κ3) is 4.84. The number of carbonyl (C=O) groups excluding carboxylic acids is 1. The molecule has 2 aromatic carbocycles. The summed E-state index contributed by atoms with van der Waals surface area (Å²) in [5, 5.41) is 16.2. The Morgan fingerprint density at radius 2 is 1.96 bits per heavy atom. The van der Waals surface area contributed by atoms with E-state index in [1.807, 2.05) is 47.8 Å². The van der Waals surface area contributed by atoms with Gasteiger partial charge in [0.05, 0.1) is 11.0 Å². The van der Waals surface area contributed by atoms with Crippen LogP contribution in [0.3, 0.4) is 0 Å². The molecular formula is C19H15ClN2O4S. The Hall–Kier alpha value is -2.90. The van der Waals surface area contributed by atoms with Crippen molar-refractivity contribution in [2.45, 2.75) is 6.04 Å². The lowest BCUT2D eigenvalue weighted by Crippen LogP contribution is -2.33. The molecule has 0 bridgehead atoms. The lowest BCUT2D eigenvalue weighted by molar-refractivity contribution is -0.385. The van der Waals surface area contributed by atoms with Crippen molar-refractivity contribution in [3.63, 3.8) is 0 Å². The molecule has 1 N–H and O–H groups in total. The number of nitro benzene ring substituents is 1. The zero-order chi connectivity index (χ0) is 19.2. The first-order valence-electron chi connectivity index (χ1n) is 7.99. The Bertz CT molecular complexity index is 932. The highest BCUT2D eigenvalue weighted by Crippen LogP contribution is 2.30. The molecule has 0 unspecified atom stereocenters. The second-order valence-corrected chi connectivity index (χ2v) is 7.00. The number of carbonyl (C=O) groups is 1. The van der Waals surface area contributed by atoms with Crippen molar-refractivity contribution < 1.29 is 14.5 Å². The Balaban J connectivity index is 1.72. The summed E-state index contributed by atoms with van der Waals surface area (Å²) in [5.41, 5.74) is 0.652. The number of nitrogens with one attached hydrogen (secondary N) is 1. The molecule has 0 fully saturated rings. The van der Waals surface area contributed by atoms with Crippen molar-refractivity contribution in [3.8, 4) is 5.75 Å². The minimum atomic E-state index is -0.600. The van der Waals surface area contributed by atoms with Crippen LogP contribution in [-0.4, -0.2) is 17.4 Å². The van der Waals surface area contributed by atoms with Gasteiger partial charge in [-0.3, -0.25) is 14.9 Å². The second-order valence-electron chi connectivity index (χ2n) is 5.58. The minimum absolute atomic E-state index is 0.00747. The summed E-state index contributed by atoms with van der Waals surface area (Å²) in [5.74, 6) is -0.395. The molecule has 27 heavy (non-hydrogen) atoms. The Morgan fingerprint density at radius 1 is 1.19 bits per heavy atom. The lowest BCUT2D eigenvalue weighted by atomic mass is 10.1. The minimum Gasteiger partial charge on any atom is -0.477 e. The second kappa shape index (κ2) is 8.66. The lowest BCUT2D eigenvalue weighted by Gasteiger charge is -2.18. The SMILES string of the molecule is O=C(COc1ccc(Cl)cc1[N+](=O)[O-])N[C@H](c1ccccc1)c1cccs1. The molecule has 3 rings (SSSR count). The van der Waals surface area contributed by atoms with E-state index < -0.39 is 4.92 Å². The van der Waals surface area contributed by atoms with Crippen molar-refractivity contribution in [3.05, 3.63) is 91.6 Å². The third-order valence-electron chi connectivity index (χ3n) is 3.74. The maximum atomic E-state index is 12.4. The molecule has 3 aromatic rings. The van der Waals surface area contributed by atoms with Gasteiger partial charge >= 0.3 is 5.69 Å². The molecule has 1 atom stereocenters. The standard InChI is InChI=1S/C19H15ClN2O4S/c20-14-8-9-16(15(11-14)22(24)25)26-12-18(23)21-19(17-7-4-10-27-17)13-5-2-1-3-6-13/h1-11,19H,12H2,(H,21,23)/t19-/m1/s1. The number of nitro groups is 1. The van der Waals surface area contributed by atoms with Crippen molar-refractivity contribution in [1.82, 2.24) is 5.32 Å². The molecule has 0 saturated carbocycles. The highest BCUT2D eigenvalue weighted by molar-refractivity contribution is 7.10. The first-order valence-corrected chi connectivity index (χ1v) is 9.25. The van der Waals surface area contributed by atoms with Crippen molar-refractivity contribution in [2.24, 2.45) is 0 Å². The van der Waals surface area contributed by atoms with E-state index in [1.165, 1.54) is 29.5 Å². The van der Waals surface area contributed by atoms with Crippen LogP contribution in [0.5, 0.6) is 5.75 Å². The van der Waals surface area contributed by atoms with Gasteiger partial charge in [-0.05, 0) is 29.1 Å². The number of ether oxygens (including phenoxy) is 1. The highest BCUT2D eigenvalue weighted by Gasteiger charge is 2.20. The number of benzene rings is 2. The van der Waals surface area contributed by atoms with Gasteiger partial charge in [-0.15, -0.1) is 11.3 Å². The van der Waals surface area contributed by atoms with E-state index in [0.29, 0.717) is 0 Å². The predicted molar refractivity (Wildman–Crippen MR) is 104 cm³/mol. The van der Waals surface area contributed by atoms with Crippen LogP contribution in [0.1, 0.15) is 16.5 Å². The molecule has 1 amide bonds. The van der Waals surface area contributed by atoms with Gasteiger partial charge in [0.25, 0.3) is 5.91 Å². The Labute approximate surface area is 164 Å². The van der Waals surface area contributed by atoms with Crippen LogP contribution in [0.2, 0.25) is 5.02 Å². The van der Waals surface area contributed by atoms with Crippen molar-refractivity contribution in [2.75, 3.05) is 6.61 Å². The van der Waals surface area contributed by atoms with Crippen LogP contribution in [0, 0.1) is 10.1 Å². The summed E-state index contributed by atoms with van der Waals surface area (Å²) in [6.45, 7) is -0.350. The molecule has 0 aliphatic heterocycles. The van der Waals surface area contributed by atoms with Crippen LogP contribution in [-0.2, 0) is 4.79 Å². The van der Waals surface area contributed by atoms with Gasteiger partial charge in [0.15, 0.2) is 12.4 Å². The van der Waals surface area contributed by atoms with Gasteiger partial charge in [0, 0.05) is 16.0 Å². The molecule has 0 radical (unpaired) electrons. The fourth-order valence-electron chi connectivity index (χ4n) is 2.52. The molecule has 138 valence electrons. The third-order valence-corrected chi connectivity index (χ3v) is 4.91. The van der Waals surface area contributed by atoms with Crippen LogP contribution in [0.15, 0.2) is 66.0 Å². The van der Waals surface area contributed by atoms with E-state index >= 15 is 0 Å². The summed E-state index contributed by atoms with van der Waals surface area (Å²) in [7, 11) is 0. The number of thiophene rings is 1. The van der Waals surface area contributed by atoms with Crippen LogP contribution in [0.4, 0.5) is 5.69 Å². The van der Waals surface area contributed by atoms with E-state index in [4.69, 9.17) is 16.3 Å². The van der Waals surface area contributed by atoms with E-state index in [9.17, 15) is 14.9 Å². The zero-order valence-corrected chi connectivity index (χ0v) is 15.6. The van der Waals surface area contributed by atoms with Crippen LogP contribution >= 0.6 is 22.9 Å². The molecule has 0 saturated heterocycles. The predicted octanol–water partition coefficient (Wildman–Crippen LogP) is 4.59. The smallest absolute Gasteiger partial charge is 0.312 e. The topological polar surface area (TPSA) is 81.5 Å². The summed E-state index contributed by atoms with van der Waals surface area (Å²) < 4.78 is 5.36. The van der Waals surface area contributed by atoms with Crippen molar-refractivity contribution in [1.29, 1.82) is 0 Å². The first kappa shape index (κ1) is 18.9. The molecule has 0 aliphatic carbocycles. The fourth-order valence-corrected chi connectivity index (χ4v) is 3.49. The van der Waals surface area contributed by atoms with E-state index in [-0.39, 0.29) is 35.0 Å². The molecule has 8 heteroatoms. The average Bonchev–Trinajstić information content (AvgIpc) is 3.20. The average molecular weight is 403 g/mol. The maximum absolute atomic E-state index is 12.4. The summed E-state index contributed by atoms with van der Waals surface area (Å²) >= 11 is 7.31. The Morgan fingerprint density at radius 3 is 2.63 bits per heavy atom. The number of hydrogen-bond donors (Lipinski definition) is 1. The Kier molecular flexibility index (Phi) is 6.05. The molecular weight excluding hydrogens is 388 g/mol. The van der Waals surface area contributed by atoms with Crippen LogP contribution < -0.4 is 10.1 Å². The molecule has 0 spiro atoms. The molecule has 1 heterocycles. The van der Waals surface area contributed by atoms with Gasteiger partial charge < -0.3 is 10.1 Å². The summed E-state index contributed by atoms with van der Waals surface area (Å²) in [6.07, 6.45) is 0. The number of hydrogen-bond acceptors (Lipinski definition) is 5. The number of rotatable bonds is 7. The fraction of sp³-hybridized carbons (Fsp3) is 0.105. The normalized spacial score (nSPS) is 11.6. The van der Waals surface area contributed by atoms with Gasteiger partial charge in [-0.2, -0.15) is 0 Å². The van der Waals surface area contributed by atoms with Crippen molar-refractivity contribution >= 4 is 34.5 Å². The quantitative estimate of drug-likeness (QED) is 0.462.